The third-order valence-corrected chi connectivity index (χ3v) is 3.02. The molecular formula is C14H16N4O3. The monoisotopic (exact) mass is 288 g/mol. The van der Waals surface area contributed by atoms with Crippen molar-refractivity contribution in [1.29, 1.82) is 0 Å². The van der Waals surface area contributed by atoms with E-state index in [1.54, 1.807) is 13.1 Å². The number of carboxylic acid groups (broad SMARTS) is 1. The Bertz CT molecular complexity index is 679. The fraction of sp³-hybridized carbons (Fsp3) is 0.286. The molecule has 21 heavy (non-hydrogen) atoms. The summed E-state index contributed by atoms with van der Waals surface area (Å²) in [5, 5.41) is 15.8. The van der Waals surface area contributed by atoms with Gasteiger partial charge in [-0.3, -0.25) is 14.5 Å². The summed E-state index contributed by atoms with van der Waals surface area (Å²) in [6.07, 6.45) is 2.16. The van der Waals surface area contributed by atoms with Gasteiger partial charge in [0.15, 0.2) is 0 Å². The Morgan fingerprint density at radius 1 is 1.33 bits per heavy atom. The van der Waals surface area contributed by atoms with Crippen LogP contribution in [0.4, 0.5) is 0 Å². The standard InChI is InChI=1S/C14H16N4O3/c1-3-10-7-12(18(2)17-10)13(19)16-8-11-6-9(14(20)21)4-5-15-11/h4-7H,3,8H2,1-2H3,(H,16,19)(H,20,21). The summed E-state index contributed by atoms with van der Waals surface area (Å²) in [6, 6.07) is 4.57. The van der Waals surface area contributed by atoms with Gasteiger partial charge in [-0.2, -0.15) is 5.10 Å². The lowest BCUT2D eigenvalue weighted by Crippen LogP contribution is -2.25. The Morgan fingerprint density at radius 2 is 2.10 bits per heavy atom. The number of carboxylic acids is 1. The van der Waals surface area contributed by atoms with E-state index in [0.29, 0.717) is 11.4 Å². The van der Waals surface area contributed by atoms with Crippen LogP contribution < -0.4 is 5.32 Å². The molecule has 0 fully saturated rings. The van der Waals surface area contributed by atoms with Crippen molar-refractivity contribution in [3.63, 3.8) is 0 Å². The average molecular weight is 288 g/mol. The highest BCUT2D eigenvalue weighted by Gasteiger charge is 2.13. The maximum Gasteiger partial charge on any atom is 0.335 e. The van der Waals surface area contributed by atoms with Crippen molar-refractivity contribution in [2.75, 3.05) is 0 Å². The van der Waals surface area contributed by atoms with Gasteiger partial charge in [0.05, 0.1) is 23.5 Å². The van der Waals surface area contributed by atoms with Gasteiger partial charge >= 0.3 is 5.97 Å². The Hall–Kier alpha value is -2.70. The highest BCUT2D eigenvalue weighted by atomic mass is 16.4. The fourth-order valence-corrected chi connectivity index (χ4v) is 1.88. The van der Waals surface area contributed by atoms with Crippen LogP contribution in [-0.4, -0.2) is 31.7 Å². The van der Waals surface area contributed by atoms with Gasteiger partial charge in [0.25, 0.3) is 5.91 Å². The second-order valence-corrected chi connectivity index (χ2v) is 4.52. The number of hydrogen-bond acceptors (Lipinski definition) is 4. The molecule has 7 nitrogen and oxygen atoms in total. The number of aryl methyl sites for hydroxylation is 2. The molecule has 0 saturated carbocycles. The summed E-state index contributed by atoms with van der Waals surface area (Å²) in [4.78, 5) is 27.0. The van der Waals surface area contributed by atoms with Gasteiger partial charge in [0, 0.05) is 13.2 Å². The van der Waals surface area contributed by atoms with E-state index in [4.69, 9.17) is 5.11 Å². The molecule has 0 aliphatic heterocycles. The van der Waals surface area contributed by atoms with Gasteiger partial charge in [-0.1, -0.05) is 6.92 Å². The van der Waals surface area contributed by atoms with E-state index >= 15 is 0 Å². The third kappa shape index (κ3) is 3.44. The van der Waals surface area contributed by atoms with Crippen LogP contribution in [0.5, 0.6) is 0 Å². The number of rotatable bonds is 5. The van der Waals surface area contributed by atoms with Crippen LogP contribution in [0.2, 0.25) is 0 Å². The molecule has 2 N–H and O–H groups in total. The number of aromatic carboxylic acids is 1. The molecule has 0 saturated heterocycles. The van der Waals surface area contributed by atoms with Crippen molar-refractivity contribution < 1.29 is 14.7 Å². The summed E-state index contributed by atoms with van der Waals surface area (Å²) in [6.45, 7) is 2.12. The van der Waals surface area contributed by atoms with Crippen LogP contribution in [0.3, 0.4) is 0 Å². The van der Waals surface area contributed by atoms with Gasteiger partial charge in [-0.15, -0.1) is 0 Å². The van der Waals surface area contributed by atoms with E-state index in [2.05, 4.69) is 15.4 Å². The number of amides is 1. The van der Waals surface area contributed by atoms with Crippen LogP contribution in [-0.2, 0) is 20.0 Å². The molecule has 0 spiro atoms. The van der Waals surface area contributed by atoms with E-state index in [-0.39, 0.29) is 18.0 Å². The molecule has 7 heteroatoms. The first-order chi connectivity index (χ1) is 10.0. The number of aromatic nitrogens is 3. The minimum Gasteiger partial charge on any atom is -0.478 e. The Labute approximate surface area is 121 Å². The maximum atomic E-state index is 12.1. The first-order valence-electron chi connectivity index (χ1n) is 6.50. The molecular weight excluding hydrogens is 272 g/mol. The molecule has 0 bridgehead atoms. The lowest BCUT2D eigenvalue weighted by atomic mass is 10.2. The van der Waals surface area contributed by atoms with Crippen LogP contribution in [0, 0.1) is 0 Å². The highest BCUT2D eigenvalue weighted by Crippen LogP contribution is 2.05. The van der Waals surface area contributed by atoms with E-state index in [1.807, 2.05) is 6.92 Å². The lowest BCUT2D eigenvalue weighted by molar-refractivity contribution is 0.0696. The van der Waals surface area contributed by atoms with Crippen LogP contribution in [0.1, 0.15) is 39.2 Å². The molecule has 2 aromatic rings. The van der Waals surface area contributed by atoms with Gasteiger partial charge in [0.2, 0.25) is 0 Å². The van der Waals surface area contributed by atoms with Crippen molar-refractivity contribution in [1.82, 2.24) is 20.1 Å². The SMILES string of the molecule is CCc1cc(C(=O)NCc2cc(C(=O)O)ccn2)n(C)n1. The zero-order chi connectivity index (χ0) is 15.4. The fourth-order valence-electron chi connectivity index (χ4n) is 1.88. The molecule has 2 rings (SSSR count). The Kier molecular flexibility index (Phi) is 4.32. The normalized spacial score (nSPS) is 10.4. The molecule has 1 amide bonds. The molecule has 110 valence electrons. The zero-order valence-corrected chi connectivity index (χ0v) is 11.8. The summed E-state index contributed by atoms with van der Waals surface area (Å²) >= 11 is 0. The predicted octanol–water partition coefficient (Wildman–Crippen LogP) is 1.01. The summed E-state index contributed by atoms with van der Waals surface area (Å²) in [5.41, 5.74) is 1.93. The highest BCUT2D eigenvalue weighted by molar-refractivity contribution is 5.92. The van der Waals surface area contributed by atoms with E-state index < -0.39 is 5.97 Å². The quantitative estimate of drug-likeness (QED) is 0.855. The molecule has 0 atom stereocenters. The topological polar surface area (TPSA) is 97.1 Å². The van der Waals surface area contributed by atoms with Crippen molar-refractivity contribution in [3.05, 3.63) is 47.0 Å². The first-order valence-corrected chi connectivity index (χ1v) is 6.50. The van der Waals surface area contributed by atoms with E-state index in [0.717, 1.165) is 12.1 Å². The summed E-state index contributed by atoms with van der Waals surface area (Å²) in [5.74, 6) is -1.29. The number of nitrogens with zero attached hydrogens (tertiary/aromatic N) is 3. The van der Waals surface area contributed by atoms with E-state index in [9.17, 15) is 9.59 Å². The first kappa shape index (κ1) is 14.7. The van der Waals surface area contributed by atoms with Crippen LogP contribution in [0.25, 0.3) is 0 Å². The minimum atomic E-state index is -1.02. The molecule has 0 aliphatic rings. The second-order valence-electron chi connectivity index (χ2n) is 4.52. The second kappa shape index (κ2) is 6.17. The van der Waals surface area contributed by atoms with E-state index in [1.165, 1.54) is 23.0 Å². The van der Waals surface area contributed by atoms with Crippen molar-refractivity contribution in [3.8, 4) is 0 Å². The van der Waals surface area contributed by atoms with Crippen molar-refractivity contribution in [2.24, 2.45) is 7.05 Å². The molecule has 0 unspecified atom stereocenters. The van der Waals surface area contributed by atoms with Gasteiger partial charge in [-0.25, -0.2) is 4.79 Å². The average Bonchev–Trinajstić information content (AvgIpc) is 2.86. The molecule has 2 aromatic heterocycles. The smallest absolute Gasteiger partial charge is 0.335 e. The number of hydrogen-bond donors (Lipinski definition) is 2. The number of nitrogens with one attached hydrogen (secondary N) is 1. The van der Waals surface area contributed by atoms with Gasteiger partial charge in [0.1, 0.15) is 5.69 Å². The molecule has 0 aliphatic carbocycles. The van der Waals surface area contributed by atoms with Crippen molar-refractivity contribution in [2.45, 2.75) is 19.9 Å². The summed E-state index contributed by atoms with van der Waals surface area (Å²) < 4.78 is 1.52. The third-order valence-electron chi connectivity index (χ3n) is 3.02. The number of carbonyl (C=O) groups excluding carboxylic acids is 1. The van der Waals surface area contributed by atoms with Gasteiger partial charge < -0.3 is 10.4 Å². The minimum absolute atomic E-state index is 0.142. The Balaban J connectivity index is 2.05. The largest absolute Gasteiger partial charge is 0.478 e. The number of pyridine rings is 1. The predicted molar refractivity (Wildman–Crippen MR) is 75.0 cm³/mol. The number of carbonyl (C=O) groups is 2. The lowest BCUT2D eigenvalue weighted by Gasteiger charge is -2.05. The molecule has 0 aromatic carbocycles. The Morgan fingerprint density at radius 3 is 2.71 bits per heavy atom. The van der Waals surface area contributed by atoms with Crippen LogP contribution >= 0.6 is 0 Å². The van der Waals surface area contributed by atoms with Crippen molar-refractivity contribution >= 4 is 11.9 Å². The molecule has 2 heterocycles. The zero-order valence-electron chi connectivity index (χ0n) is 11.8. The molecule has 0 radical (unpaired) electrons. The summed E-state index contributed by atoms with van der Waals surface area (Å²) in [7, 11) is 1.71. The van der Waals surface area contributed by atoms with Gasteiger partial charge in [-0.05, 0) is 24.6 Å². The van der Waals surface area contributed by atoms with Crippen LogP contribution in [0.15, 0.2) is 24.4 Å². The maximum absolute atomic E-state index is 12.1.